The van der Waals surface area contributed by atoms with Crippen LogP contribution >= 0.6 is 11.6 Å². The second-order valence-corrected chi connectivity index (χ2v) is 5.95. The van der Waals surface area contributed by atoms with E-state index in [2.05, 4.69) is 5.32 Å². The molecule has 0 spiro atoms. The number of halogens is 2. The topological polar surface area (TPSA) is 41.6 Å². The van der Waals surface area contributed by atoms with Crippen LogP contribution in [0.1, 0.15) is 12.5 Å². The summed E-state index contributed by atoms with van der Waals surface area (Å²) in [5.74, 6) is 0.0135. The zero-order chi connectivity index (χ0) is 17.7. The molecule has 0 bridgehead atoms. The molecule has 1 N–H and O–H groups in total. The Morgan fingerprint density at radius 2 is 2.04 bits per heavy atom. The van der Waals surface area contributed by atoms with Crippen molar-refractivity contribution in [3.05, 3.63) is 58.9 Å². The Hall–Kier alpha value is -2.11. The van der Waals surface area contributed by atoms with Crippen LogP contribution in [0.3, 0.4) is 0 Å². The minimum absolute atomic E-state index is 0.227. The smallest absolute Gasteiger partial charge is 0.241 e. The molecule has 1 unspecified atom stereocenters. The summed E-state index contributed by atoms with van der Waals surface area (Å²) in [5, 5.41) is 3.30. The van der Waals surface area contributed by atoms with Gasteiger partial charge in [0.25, 0.3) is 0 Å². The number of carbonyl (C=O) groups is 1. The monoisotopic (exact) mass is 350 g/mol. The van der Waals surface area contributed by atoms with Crippen molar-refractivity contribution in [2.45, 2.75) is 19.5 Å². The van der Waals surface area contributed by atoms with Gasteiger partial charge in [0.1, 0.15) is 11.6 Å². The van der Waals surface area contributed by atoms with Gasteiger partial charge in [-0.05, 0) is 38.2 Å². The lowest BCUT2D eigenvalue weighted by molar-refractivity contribution is -0.120. The van der Waals surface area contributed by atoms with Gasteiger partial charge in [-0.15, -0.1) is 0 Å². The second-order valence-electron chi connectivity index (χ2n) is 5.52. The SMILES string of the molecule is COc1ccc(Cl)cc1NC(=O)C(C)N(C)Cc1ccccc1F. The summed E-state index contributed by atoms with van der Waals surface area (Å²) in [7, 11) is 3.29. The number of amides is 1. The van der Waals surface area contributed by atoms with Gasteiger partial charge in [-0.3, -0.25) is 9.69 Å². The second kappa shape index (κ2) is 8.13. The Morgan fingerprint density at radius 3 is 2.71 bits per heavy atom. The number of ether oxygens (including phenoxy) is 1. The summed E-state index contributed by atoms with van der Waals surface area (Å²) in [6.07, 6.45) is 0. The standard InChI is InChI=1S/C18H20ClFN2O2/c1-12(22(2)11-13-6-4-5-7-15(13)20)18(23)21-16-10-14(19)8-9-17(16)24-3/h4-10,12H,11H2,1-3H3,(H,21,23). The van der Waals surface area contributed by atoms with Crippen LogP contribution in [0.5, 0.6) is 5.75 Å². The van der Waals surface area contributed by atoms with Crippen molar-refractivity contribution in [1.29, 1.82) is 0 Å². The van der Waals surface area contributed by atoms with Crippen molar-refractivity contribution >= 4 is 23.2 Å². The number of nitrogens with one attached hydrogen (secondary N) is 1. The van der Waals surface area contributed by atoms with E-state index >= 15 is 0 Å². The minimum atomic E-state index is -0.465. The van der Waals surface area contributed by atoms with Gasteiger partial charge in [0, 0.05) is 17.1 Å². The molecular weight excluding hydrogens is 331 g/mol. The van der Waals surface area contributed by atoms with E-state index in [1.807, 2.05) is 0 Å². The predicted molar refractivity (Wildman–Crippen MR) is 94.0 cm³/mol. The van der Waals surface area contributed by atoms with Gasteiger partial charge in [0.05, 0.1) is 18.8 Å². The molecule has 24 heavy (non-hydrogen) atoms. The first-order valence-corrected chi connectivity index (χ1v) is 7.88. The van der Waals surface area contributed by atoms with E-state index in [0.29, 0.717) is 28.6 Å². The van der Waals surface area contributed by atoms with Crippen LogP contribution in [0.15, 0.2) is 42.5 Å². The van der Waals surface area contributed by atoms with Gasteiger partial charge in [-0.25, -0.2) is 4.39 Å². The number of carbonyl (C=O) groups excluding carboxylic acids is 1. The highest BCUT2D eigenvalue weighted by Crippen LogP contribution is 2.28. The van der Waals surface area contributed by atoms with E-state index in [4.69, 9.17) is 16.3 Å². The molecule has 0 heterocycles. The number of hydrogen-bond donors (Lipinski definition) is 1. The average molecular weight is 351 g/mol. The molecule has 1 amide bonds. The lowest BCUT2D eigenvalue weighted by atomic mass is 10.1. The Labute approximate surface area is 146 Å². The third-order valence-corrected chi connectivity index (χ3v) is 4.07. The summed E-state index contributed by atoms with van der Waals surface area (Å²) in [6, 6.07) is 11.1. The Morgan fingerprint density at radius 1 is 1.33 bits per heavy atom. The summed E-state index contributed by atoms with van der Waals surface area (Å²) < 4.78 is 19.0. The minimum Gasteiger partial charge on any atom is -0.495 e. The zero-order valence-corrected chi connectivity index (χ0v) is 14.6. The van der Waals surface area contributed by atoms with Crippen molar-refractivity contribution in [2.24, 2.45) is 0 Å². The van der Waals surface area contributed by atoms with E-state index in [0.717, 1.165) is 0 Å². The van der Waals surface area contributed by atoms with E-state index in [1.165, 1.54) is 13.2 Å². The summed E-state index contributed by atoms with van der Waals surface area (Å²) in [4.78, 5) is 14.2. The molecule has 2 aromatic rings. The summed E-state index contributed by atoms with van der Waals surface area (Å²) >= 11 is 5.97. The van der Waals surface area contributed by atoms with Gasteiger partial charge in [-0.1, -0.05) is 29.8 Å². The largest absolute Gasteiger partial charge is 0.495 e. The molecule has 0 fully saturated rings. The van der Waals surface area contributed by atoms with Crippen molar-refractivity contribution < 1.29 is 13.9 Å². The maximum Gasteiger partial charge on any atom is 0.241 e. The van der Waals surface area contributed by atoms with E-state index in [1.54, 1.807) is 55.3 Å². The highest BCUT2D eigenvalue weighted by molar-refractivity contribution is 6.31. The lowest BCUT2D eigenvalue weighted by Crippen LogP contribution is -2.39. The first-order chi connectivity index (χ1) is 11.4. The molecule has 4 nitrogen and oxygen atoms in total. The fourth-order valence-electron chi connectivity index (χ4n) is 2.25. The molecule has 0 saturated heterocycles. The number of methoxy groups -OCH3 is 1. The van der Waals surface area contributed by atoms with Gasteiger partial charge >= 0.3 is 0 Å². The van der Waals surface area contributed by atoms with Crippen molar-refractivity contribution in [3.8, 4) is 5.75 Å². The normalized spacial score (nSPS) is 12.1. The first-order valence-electron chi connectivity index (χ1n) is 7.50. The van der Waals surface area contributed by atoms with Gasteiger partial charge in [0.15, 0.2) is 0 Å². The summed E-state index contributed by atoms with van der Waals surface area (Å²) in [5.41, 5.74) is 1.04. The molecule has 0 saturated carbocycles. The van der Waals surface area contributed by atoms with Gasteiger partial charge in [0.2, 0.25) is 5.91 Å². The Bertz CT molecular complexity index is 724. The maximum absolute atomic E-state index is 13.7. The van der Waals surface area contributed by atoms with Crippen LogP contribution < -0.4 is 10.1 Å². The van der Waals surface area contributed by atoms with E-state index < -0.39 is 6.04 Å². The Kier molecular flexibility index (Phi) is 6.17. The van der Waals surface area contributed by atoms with Gasteiger partial charge < -0.3 is 10.1 Å². The van der Waals surface area contributed by atoms with Crippen molar-refractivity contribution in [3.63, 3.8) is 0 Å². The lowest BCUT2D eigenvalue weighted by Gasteiger charge is -2.24. The molecule has 0 radical (unpaired) electrons. The van der Waals surface area contributed by atoms with Crippen LogP contribution in [0.4, 0.5) is 10.1 Å². The first kappa shape index (κ1) is 18.2. The molecule has 0 aliphatic carbocycles. The van der Waals surface area contributed by atoms with E-state index in [9.17, 15) is 9.18 Å². The molecule has 1 atom stereocenters. The summed E-state index contributed by atoms with van der Waals surface area (Å²) in [6.45, 7) is 2.08. The van der Waals surface area contributed by atoms with Crippen LogP contribution in [0, 0.1) is 5.82 Å². The molecule has 0 aliphatic rings. The fraction of sp³-hybridized carbons (Fsp3) is 0.278. The number of likely N-dealkylation sites (N-methyl/N-ethyl adjacent to an activating group) is 1. The molecule has 2 rings (SSSR count). The van der Waals surface area contributed by atoms with Crippen LogP contribution in [-0.2, 0) is 11.3 Å². The molecule has 0 aliphatic heterocycles. The molecule has 0 aromatic heterocycles. The molecule has 128 valence electrons. The quantitative estimate of drug-likeness (QED) is 0.857. The third-order valence-electron chi connectivity index (χ3n) is 3.84. The number of anilines is 1. The number of benzene rings is 2. The molecule has 2 aromatic carbocycles. The van der Waals surface area contributed by atoms with Crippen LogP contribution in [0.2, 0.25) is 5.02 Å². The Balaban J connectivity index is 2.06. The van der Waals surface area contributed by atoms with Crippen LogP contribution in [0.25, 0.3) is 0 Å². The fourth-order valence-corrected chi connectivity index (χ4v) is 2.42. The number of rotatable bonds is 6. The molecule has 6 heteroatoms. The third kappa shape index (κ3) is 4.46. The zero-order valence-electron chi connectivity index (χ0n) is 13.8. The highest BCUT2D eigenvalue weighted by atomic mass is 35.5. The van der Waals surface area contributed by atoms with Crippen molar-refractivity contribution in [1.82, 2.24) is 4.90 Å². The van der Waals surface area contributed by atoms with Crippen LogP contribution in [-0.4, -0.2) is 31.0 Å². The van der Waals surface area contributed by atoms with Crippen molar-refractivity contribution in [2.75, 3.05) is 19.5 Å². The maximum atomic E-state index is 13.7. The predicted octanol–water partition coefficient (Wildman–Crippen LogP) is 3.95. The highest BCUT2D eigenvalue weighted by Gasteiger charge is 2.20. The number of hydrogen-bond acceptors (Lipinski definition) is 3. The van der Waals surface area contributed by atoms with Gasteiger partial charge in [-0.2, -0.15) is 0 Å². The number of nitrogens with zero attached hydrogens (tertiary/aromatic N) is 1. The average Bonchev–Trinajstić information content (AvgIpc) is 2.56. The molecular formula is C18H20ClFN2O2. The van der Waals surface area contributed by atoms with E-state index in [-0.39, 0.29) is 11.7 Å².